The van der Waals surface area contributed by atoms with Gasteiger partial charge in [-0.2, -0.15) is 0 Å². The van der Waals surface area contributed by atoms with Gasteiger partial charge >= 0.3 is 5.97 Å². The van der Waals surface area contributed by atoms with Crippen molar-refractivity contribution in [3.63, 3.8) is 0 Å². The van der Waals surface area contributed by atoms with Crippen LogP contribution in [0.25, 0.3) is 0 Å². The van der Waals surface area contributed by atoms with Gasteiger partial charge in [-0.15, -0.1) is 0 Å². The van der Waals surface area contributed by atoms with Gasteiger partial charge in [0.1, 0.15) is 11.3 Å². The second kappa shape index (κ2) is 8.99. The molecule has 2 aromatic heterocycles. The zero-order valence-corrected chi connectivity index (χ0v) is 15.9. The Bertz CT molecular complexity index is 1010. The monoisotopic (exact) mass is 378 g/mol. The summed E-state index contributed by atoms with van der Waals surface area (Å²) in [6.07, 6.45) is 5.52. The predicted molar refractivity (Wildman–Crippen MR) is 106 cm³/mol. The van der Waals surface area contributed by atoms with Crippen LogP contribution >= 0.6 is 0 Å². The molecular formula is C22H22N2O4. The third-order valence-electron chi connectivity index (χ3n) is 4.24. The van der Waals surface area contributed by atoms with Crippen molar-refractivity contribution in [2.45, 2.75) is 26.8 Å². The zero-order chi connectivity index (χ0) is 19.9. The Morgan fingerprint density at radius 3 is 2.61 bits per heavy atom. The molecule has 0 bridgehead atoms. The van der Waals surface area contributed by atoms with Gasteiger partial charge in [0.15, 0.2) is 5.75 Å². The molecule has 144 valence electrons. The van der Waals surface area contributed by atoms with E-state index in [9.17, 15) is 9.59 Å². The van der Waals surface area contributed by atoms with Crippen LogP contribution in [0.2, 0.25) is 0 Å². The molecule has 1 aromatic carbocycles. The Hall–Kier alpha value is -3.41. The van der Waals surface area contributed by atoms with Gasteiger partial charge in [0, 0.05) is 31.1 Å². The molecule has 0 aliphatic heterocycles. The molecule has 6 nitrogen and oxygen atoms in total. The number of carbonyl (C=O) groups excluding carboxylic acids is 1. The van der Waals surface area contributed by atoms with Gasteiger partial charge in [0.2, 0.25) is 5.43 Å². The van der Waals surface area contributed by atoms with E-state index >= 15 is 0 Å². The topological polar surface area (TPSA) is 70.4 Å². The summed E-state index contributed by atoms with van der Waals surface area (Å²) in [4.78, 5) is 29.4. The van der Waals surface area contributed by atoms with Crippen molar-refractivity contribution in [2.24, 2.45) is 0 Å². The molecule has 0 amide bonds. The quantitative estimate of drug-likeness (QED) is 0.586. The van der Waals surface area contributed by atoms with E-state index < -0.39 is 11.4 Å². The molecule has 0 saturated heterocycles. The highest BCUT2D eigenvalue weighted by atomic mass is 16.5. The second-order valence-electron chi connectivity index (χ2n) is 6.26. The molecular weight excluding hydrogens is 356 g/mol. The lowest BCUT2D eigenvalue weighted by molar-refractivity contribution is 0.0523. The van der Waals surface area contributed by atoms with Crippen molar-refractivity contribution < 1.29 is 14.3 Å². The largest absolute Gasteiger partial charge is 0.462 e. The van der Waals surface area contributed by atoms with Gasteiger partial charge < -0.3 is 14.0 Å². The highest BCUT2D eigenvalue weighted by Crippen LogP contribution is 2.18. The Balaban J connectivity index is 1.93. The van der Waals surface area contributed by atoms with E-state index in [-0.39, 0.29) is 17.9 Å². The Labute approximate surface area is 163 Å². The summed E-state index contributed by atoms with van der Waals surface area (Å²) >= 11 is 0. The highest BCUT2D eigenvalue weighted by Gasteiger charge is 2.17. The summed E-state index contributed by atoms with van der Waals surface area (Å²) < 4.78 is 12.5. The molecule has 3 aromatic rings. The van der Waals surface area contributed by atoms with Crippen LogP contribution in [-0.2, 0) is 17.7 Å². The average Bonchev–Trinajstić information content (AvgIpc) is 2.70. The van der Waals surface area contributed by atoms with Crippen LogP contribution in [0.1, 0.15) is 28.5 Å². The fourth-order valence-corrected chi connectivity index (χ4v) is 2.79. The molecule has 0 saturated carbocycles. The SMILES string of the molecule is CCOC(=O)c1cn(CCc2ncccc2C)cc(Oc2ccccc2)c1=O. The van der Waals surface area contributed by atoms with Gasteiger partial charge in [-0.1, -0.05) is 24.3 Å². The van der Waals surface area contributed by atoms with E-state index in [1.807, 2.05) is 37.3 Å². The molecule has 6 heteroatoms. The summed E-state index contributed by atoms with van der Waals surface area (Å²) in [5.41, 5.74) is 1.51. The molecule has 0 spiro atoms. The predicted octanol–water partition coefficient (Wildman–Crippen LogP) is 3.76. The van der Waals surface area contributed by atoms with Crippen LogP contribution in [0, 0.1) is 6.92 Å². The Morgan fingerprint density at radius 2 is 1.89 bits per heavy atom. The maximum Gasteiger partial charge on any atom is 0.343 e. The number of rotatable bonds is 7. The lowest BCUT2D eigenvalue weighted by atomic mass is 10.1. The van der Waals surface area contributed by atoms with Crippen LogP contribution in [-0.4, -0.2) is 22.1 Å². The van der Waals surface area contributed by atoms with Crippen molar-refractivity contribution >= 4 is 5.97 Å². The number of hydrogen-bond acceptors (Lipinski definition) is 5. The standard InChI is InChI=1S/C22H22N2O4/c1-3-27-22(26)18-14-24(13-11-19-16(2)8-7-12-23-19)15-20(21(18)25)28-17-9-5-4-6-10-17/h4-10,12,14-15H,3,11,13H2,1-2H3. The first-order valence-corrected chi connectivity index (χ1v) is 9.13. The van der Waals surface area contributed by atoms with Crippen LogP contribution in [0.3, 0.4) is 0 Å². The third kappa shape index (κ3) is 4.65. The third-order valence-corrected chi connectivity index (χ3v) is 4.24. The Kier molecular flexibility index (Phi) is 6.22. The minimum absolute atomic E-state index is 0.0481. The highest BCUT2D eigenvalue weighted by molar-refractivity contribution is 5.89. The first-order chi connectivity index (χ1) is 13.6. The van der Waals surface area contributed by atoms with Gasteiger partial charge in [-0.25, -0.2) is 4.79 Å². The van der Waals surface area contributed by atoms with Crippen molar-refractivity contribution in [3.05, 3.63) is 88.1 Å². The van der Waals surface area contributed by atoms with Crippen molar-refractivity contribution in [3.8, 4) is 11.5 Å². The number of carbonyl (C=O) groups is 1. The van der Waals surface area contributed by atoms with E-state index in [0.717, 1.165) is 11.3 Å². The summed E-state index contributed by atoms with van der Waals surface area (Å²) in [6, 6.07) is 12.9. The number of para-hydroxylation sites is 1. The average molecular weight is 378 g/mol. The molecule has 0 fully saturated rings. The van der Waals surface area contributed by atoms with Crippen LogP contribution < -0.4 is 10.2 Å². The lowest BCUT2D eigenvalue weighted by Crippen LogP contribution is -2.21. The summed E-state index contributed by atoms with van der Waals surface area (Å²) in [5.74, 6) is -0.0593. The summed E-state index contributed by atoms with van der Waals surface area (Å²) in [7, 11) is 0. The molecule has 0 atom stereocenters. The molecule has 0 N–H and O–H groups in total. The van der Waals surface area contributed by atoms with Crippen molar-refractivity contribution in [1.29, 1.82) is 0 Å². The van der Waals surface area contributed by atoms with Crippen molar-refractivity contribution in [2.75, 3.05) is 6.61 Å². The van der Waals surface area contributed by atoms with Crippen LogP contribution in [0.15, 0.2) is 65.8 Å². The van der Waals surface area contributed by atoms with Gasteiger partial charge in [0.25, 0.3) is 0 Å². The molecule has 0 aliphatic carbocycles. The second-order valence-corrected chi connectivity index (χ2v) is 6.26. The minimum Gasteiger partial charge on any atom is -0.462 e. The molecule has 0 unspecified atom stereocenters. The number of aryl methyl sites for hydroxylation is 3. The molecule has 0 aliphatic rings. The molecule has 0 radical (unpaired) electrons. The van der Waals surface area contributed by atoms with Crippen LogP contribution in [0.5, 0.6) is 11.5 Å². The molecule has 28 heavy (non-hydrogen) atoms. The smallest absolute Gasteiger partial charge is 0.343 e. The summed E-state index contributed by atoms with van der Waals surface area (Å²) in [6.45, 7) is 4.43. The van der Waals surface area contributed by atoms with Gasteiger partial charge in [-0.3, -0.25) is 9.78 Å². The fraction of sp³-hybridized carbons (Fsp3) is 0.227. The maximum atomic E-state index is 12.7. The Morgan fingerprint density at radius 1 is 1.11 bits per heavy atom. The van der Waals surface area contributed by atoms with E-state index in [1.165, 1.54) is 6.20 Å². The first-order valence-electron chi connectivity index (χ1n) is 9.13. The number of ether oxygens (including phenoxy) is 2. The van der Waals surface area contributed by atoms with E-state index in [4.69, 9.17) is 9.47 Å². The fourth-order valence-electron chi connectivity index (χ4n) is 2.79. The molecule has 3 rings (SSSR count). The molecule has 2 heterocycles. The van der Waals surface area contributed by atoms with Crippen molar-refractivity contribution in [1.82, 2.24) is 9.55 Å². The number of esters is 1. The number of benzene rings is 1. The number of nitrogens with zero attached hydrogens (tertiary/aromatic N) is 2. The first kappa shape index (κ1) is 19.4. The number of hydrogen-bond donors (Lipinski definition) is 0. The number of aromatic nitrogens is 2. The van der Waals surface area contributed by atoms with Crippen LogP contribution in [0.4, 0.5) is 0 Å². The van der Waals surface area contributed by atoms with E-state index in [0.29, 0.717) is 18.7 Å². The number of pyridine rings is 2. The van der Waals surface area contributed by atoms with Gasteiger partial charge in [0.05, 0.1) is 12.8 Å². The normalized spacial score (nSPS) is 10.5. The maximum absolute atomic E-state index is 12.7. The van der Waals surface area contributed by atoms with E-state index in [2.05, 4.69) is 4.98 Å². The minimum atomic E-state index is -0.659. The zero-order valence-electron chi connectivity index (χ0n) is 15.9. The lowest BCUT2D eigenvalue weighted by Gasteiger charge is -2.13. The van der Waals surface area contributed by atoms with E-state index in [1.54, 1.807) is 36.0 Å². The van der Waals surface area contributed by atoms with Gasteiger partial charge in [-0.05, 0) is 37.6 Å². The summed E-state index contributed by atoms with van der Waals surface area (Å²) in [5, 5.41) is 0.